The van der Waals surface area contributed by atoms with Gasteiger partial charge in [0.25, 0.3) is 5.91 Å². The summed E-state index contributed by atoms with van der Waals surface area (Å²) in [5, 5.41) is 2.97. The Bertz CT molecular complexity index is 689. The van der Waals surface area contributed by atoms with Gasteiger partial charge in [0, 0.05) is 23.5 Å². The number of anilines is 2. The Labute approximate surface area is 141 Å². The van der Waals surface area contributed by atoms with E-state index in [0.717, 1.165) is 11.4 Å². The van der Waals surface area contributed by atoms with Gasteiger partial charge in [0.15, 0.2) is 0 Å². The third-order valence-corrected chi connectivity index (χ3v) is 3.50. The van der Waals surface area contributed by atoms with Crippen LogP contribution in [0.2, 0.25) is 0 Å². The summed E-state index contributed by atoms with van der Waals surface area (Å²) in [7, 11) is 1.33. The molecule has 6 heteroatoms. The van der Waals surface area contributed by atoms with Gasteiger partial charge in [-0.05, 0) is 30.3 Å². The van der Waals surface area contributed by atoms with E-state index in [9.17, 15) is 9.59 Å². The average molecular weight is 327 g/mol. The fraction of sp³-hybridized carbons (Fsp3) is 0.222. The monoisotopic (exact) mass is 327 g/mol. The van der Waals surface area contributed by atoms with Crippen molar-refractivity contribution in [2.75, 3.05) is 30.5 Å². The quantitative estimate of drug-likeness (QED) is 0.602. The first-order valence-corrected chi connectivity index (χ1v) is 7.63. The number of carbonyl (C=O) groups excluding carboxylic acids is 2. The number of nitrogens with one attached hydrogen (secondary N) is 1. The zero-order valence-electron chi connectivity index (χ0n) is 13.6. The van der Waals surface area contributed by atoms with E-state index in [2.05, 4.69) is 10.1 Å². The lowest BCUT2D eigenvalue weighted by atomic mass is 10.1. The van der Waals surface area contributed by atoms with Crippen LogP contribution in [-0.2, 0) is 9.53 Å². The van der Waals surface area contributed by atoms with Crippen LogP contribution in [0, 0.1) is 0 Å². The molecule has 0 heterocycles. The molecule has 1 amide bonds. The predicted octanol–water partition coefficient (Wildman–Crippen LogP) is 2.22. The van der Waals surface area contributed by atoms with Crippen molar-refractivity contribution < 1.29 is 14.3 Å². The van der Waals surface area contributed by atoms with Crippen molar-refractivity contribution >= 4 is 23.3 Å². The number of rotatable bonds is 7. The van der Waals surface area contributed by atoms with Gasteiger partial charge in [-0.2, -0.15) is 0 Å². The van der Waals surface area contributed by atoms with Gasteiger partial charge in [0.05, 0.1) is 20.2 Å². The number of ether oxygens (including phenoxy) is 1. The fourth-order valence-electron chi connectivity index (χ4n) is 2.30. The third kappa shape index (κ3) is 4.57. The Morgan fingerprint density at radius 2 is 1.88 bits per heavy atom. The van der Waals surface area contributed by atoms with Gasteiger partial charge in [-0.1, -0.05) is 24.3 Å². The van der Waals surface area contributed by atoms with Crippen LogP contribution >= 0.6 is 0 Å². The molecule has 0 bridgehead atoms. The molecular weight excluding hydrogens is 306 g/mol. The highest BCUT2D eigenvalue weighted by atomic mass is 16.5. The first-order chi connectivity index (χ1) is 11.7. The van der Waals surface area contributed by atoms with Crippen LogP contribution in [0.15, 0.2) is 54.6 Å². The summed E-state index contributed by atoms with van der Waals surface area (Å²) in [6.45, 7) is 0.520. The second-order valence-corrected chi connectivity index (χ2v) is 5.08. The van der Waals surface area contributed by atoms with Gasteiger partial charge in [-0.15, -0.1) is 0 Å². The van der Waals surface area contributed by atoms with Crippen LogP contribution in [-0.4, -0.2) is 32.2 Å². The summed E-state index contributed by atoms with van der Waals surface area (Å²) in [5.74, 6) is -0.548. The highest BCUT2D eigenvalue weighted by molar-refractivity contribution is 6.06. The maximum atomic E-state index is 12.9. The number of nitrogens with two attached hydrogens (primary N) is 1. The van der Waals surface area contributed by atoms with E-state index in [1.165, 1.54) is 7.11 Å². The molecule has 0 fully saturated rings. The molecule has 24 heavy (non-hydrogen) atoms. The first-order valence-electron chi connectivity index (χ1n) is 7.63. The van der Waals surface area contributed by atoms with Gasteiger partial charge in [-0.3, -0.25) is 9.59 Å². The summed E-state index contributed by atoms with van der Waals surface area (Å²) < 4.78 is 4.67. The maximum absolute atomic E-state index is 12.9. The normalized spacial score (nSPS) is 10.1. The van der Waals surface area contributed by atoms with Crippen LogP contribution < -0.4 is 16.0 Å². The molecule has 126 valence electrons. The van der Waals surface area contributed by atoms with E-state index in [4.69, 9.17) is 5.73 Å². The van der Waals surface area contributed by atoms with Crippen molar-refractivity contribution in [2.45, 2.75) is 6.42 Å². The largest absolute Gasteiger partial charge is 0.469 e. The van der Waals surface area contributed by atoms with Gasteiger partial charge >= 0.3 is 5.97 Å². The minimum atomic E-state index is -0.359. The molecule has 0 saturated heterocycles. The standard InChI is InChI=1S/C18H21N3O3/c1-24-17(22)10-11-21(16-8-3-2-4-9-16)18(23)14-6-5-7-15(12-14)20-13-19/h2-9,12,20H,10-11,13,19H2,1H3. The zero-order valence-corrected chi connectivity index (χ0v) is 13.6. The summed E-state index contributed by atoms with van der Waals surface area (Å²) in [5.41, 5.74) is 7.49. The minimum absolute atomic E-state index is 0.123. The molecule has 0 unspecified atom stereocenters. The number of para-hydroxylation sites is 1. The van der Waals surface area contributed by atoms with Gasteiger partial charge in [-0.25, -0.2) is 0 Å². The molecule has 6 nitrogen and oxygen atoms in total. The van der Waals surface area contributed by atoms with Crippen molar-refractivity contribution in [3.8, 4) is 0 Å². The Morgan fingerprint density at radius 3 is 2.54 bits per heavy atom. The second kappa shape index (κ2) is 8.69. The molecule has 3 N–H and O–H groups in total. The molecule has 0 saturated carbocycles. The summed E-state index contributed by atoms with van der Waals surface area (Å²) in [4.78, 5) is 25.9. The van der Waals surface area contributed by atoms with E-state index < -0.39 is 0 Å². The number of hydrogen-bond acceptors (Lipinski definition) is 5. The van der Waals surface area contributed by atoms with Crippen molar-refractivity contribution in [3.05, 3.63) is 60.2 Å². The highest BCUT2D eigenvalue weighted by Crippen LogP contribution is 2.19. The summed E-state index contributed by atoms with van der Waals surface area (Å²) in [6.07, 6.45) is 0.123. The maximum Gasteiger partial charge on any atom is 0.307 e. The molecule has 0 aromatic heterocycles. The lowest BCUT2D eigenvalue weighted by molar-refractivity contribution is -0.140. The Kier molecular flexibility index (Phi) is 6.33. The SMILES string of the molecule is COC(=O)CCN(C(=O)c1cccc(NCN)c1)c1ccccc1. The molecule has 2 rings (SSSR count). The van der Waals surface area contributed by atoms with Crippen LogP contribution in [0.4, 0.5) is 11.4 Å². The predicted molar refractivity (Wildman–Crippen MR) is 93.9 cm³/mol. The molecule has 2 aromatic carbocycles. The number of methoxy groups -OCH3 is 1. The van der Waals surface area contributed by atoms with Gasteiger partial charge < -0.3 is 20.7 Å². The molecular formula is C18H21N3O3. The molecule has 0 aliphatic rings. The van der Waals surface area contributed by atoms with Crippen molar-refractivity contribution in [2.24, 2.45) is 5.73 Å². The Morgan fingerprint density at radius 1 is 1.12 bits per heavy atom. The van der Waals surface area contributed by atoms with E-state index >= 15 is 0 Å². The Balaban J connectivity index is 2.26. The average Bonchev–Trinajstić information content (AvgIpc) is 2.63. The molecule has 2 aromatic rings. The van der Waals surface area contributed by atoms with Gasteiger partial charge in [0.2, 0.25) is 0 Å². The first kappa shape index (κ1) is 17.5. The zero-order chi connectivity index (χ0) is 17.4. The summed E-state index contributed by atoms with van der Waals surface area (Å²) >= 11 is 0. The molecule has 0 atom stereocenters. The van der Waals surface area contributed by atoms with Crippen molar-refractivity contribution in [3.63, 3.8) is 0 Å². The number of carbonyl (C=O) groups is 2. The highest BCUT2D eigenvalue weighted by Gasteiger charge is 2.19. The van der Waals surface area contributed by atoms with E-state index in [1.54, 1.807) is 23.1 Å². The van der Waals surface area contributed by atoms with Crippen LogP contribution in [0.25, 0.3) is 0 Å². The van der Waals surface area contributed by atoms with Gasteiger partial charge in [0.1, 0.15) is 0 Å². The fourth-order valence-corrected chi connectivity index (χ4v) is 2.30. The van der Waals surface area contributed by atoms with Crippen molar-refractivity contribution in [1.29, 1.82) is 0 Å². The van der Waals surface area contributed by atoms with Crippen LogP contribution in [0.1, 0.15) is 16.8 Å². The number of hydrogen-bond donors (Lipinski definition) is 2. The second-order valence-electron chi connectivity index (χ2n) is 5.08. The van der Waals surface area contributed by atoms with E-state index in [0.29, 0.717) is 5.56 Å². The molecule has 0 radical (unpaired) electrons. The van der Waals surface area contributed by atoms with E-state index in [-0.39, 0.29) is 31.5 Å². The topological polar surface area (TPSA) is 84.7 Å². The van der Waals surface area contributed by atoms with E-state index in [1.807, 2.05) is 36.4 Å². The molecule has 0 aliphatic heterocycles. The molecule has 0 aliphatic carbocycles. The summed E-state index contributed by atoms with van der Waals surface area (Å²) in [6, 6.07) is 16.3. The Hall–Kier alpha value is -2.86. The number of benzene rings is 2. The minimum Gasteiger partial charge on any atom is -0.469 e. The lowest BCUT2D eigenvalue weighted by Crippen LogP contribution is -2.33. The number of esters is 1. The van der Waals surface area contributed by atoms with Crippen LogP contribution in [0.3, 0.4) is 0 Å². The number of amides is 1. The number of nitrogens with zero attached hydrogens (tertiary/aromatic N) is 1. The third-order valence-electron chi connectivity index (χ3n) is 3.50. The van der Waals surface area contributed by atoms with Crippen LogP contribution in [0.5, 0.6) is 0 Å². The lowest BCUT2D eigenvalue weighted by Gasteiger charge is -2.23. The molecule has 0 spiro atoms. The van der Waals surface area contributed by atoms with Crippen molar-refractivity contribution in [1.82, 2.24) is 0 Å². The smallest absolute Gasteiger partial charge is 0.307 e.